The minimum atomic E-state index is -0.199. The summed E-state index contributed by atoms with van der Waals surface area (Å²) in [6, 6.07) is 7.18. The predicted octanol–water partition coefficient (Wildman–Crippen LogP) is 2.40. The summed E-state index contributed by atoms with van der Waals surface area (Å²) in [6.45, 7) is 0.604. The molecule has 3 nitrogen and oxygen atoms in total. The van der Waals surface area contributed by atoms with E-state index >= 15 is 0 Å². The van der Waals surface area contributed by atoms with Crippen LogP contribution in [0.3, 0.4) is 0 Å². The first-order valence-electron chi connectivity index (χ1n) is 5.94. The number of rotatable bonds is 4. The van der Waals surface area contributed by atoms with E-state index in [2.05, 4.69) is 4.99 Å². The molecular weight excluding hydrogens is 344 g/mol. The van der Waals surface area contributed by atoms with Gasteiger partial charge < -0.3 is 10.6 Å². The van der Waals surface area contributed by atoms with Gasteiger partial charge in [-0.1, -0.05) is 12.1 Å². The number of guanidine groups is 1. The highest BCUT2D eigenvalue weighted by molar-refractivity contribution is 14.0. The maximum absolute atomic E-state index is 12.9. The summed E-state index contributed by atoms with van der Waals surface area (Å²) in [5, 5.41) is 0. The van der Waals surface area contributed by atoms with E-state index in [-0.39, 0.29) is 29.8 Å². The van der Waals surface area contributed by atoms with Crippen LogP contribution in [0, 0.1) is 5.82 Å². The zero-order chi connectivity index (χ0) is 12.3. The van der Waals surface area contributed by atoms with E-state index in [1.54, 1.807) is 6.07 Å². The number of nitrogens with zero attached hydrogens (tertiary/aromatic N) is 2. The number of hydrogen-bond donors (Lipinski definition) is 1. The van der Waals surface area contributed by atoms with Crippen molar-refractivity contribution in [3.63, 3.8) is 0 Å². The van der Waals surface area contributed by atoms with Crippen molar-refractivity contribution >= 4 is 29.9 Å². The molecule has 1 aliphatic rings. The molecule has 18 heavy (non-hydrogen) atoms. The molecule has 0 aromatic heterocycles. The largest absolute Gasteiger partial charge is 0.370 e. The van der Waals surface area contributed by atoms with Crippen molar-refractivity contribution in [2.45, 2.75) is 25.3 Å². The van der Waals surface area contributed by atoms with Crippen molar-refractivity contribution in [3.05, 3.63) is 35.6 Å². The van der Waals surface area contributed by atoms with E-state index in [0.717, 1.165) is 12.0 Å². The topological polar surface area (TPSA) is 41.6 Å². The molecular formula is C13H19FIN3. The molecule has 2 N–H and O–H groups in total. The van der Waals surface area contributed by atoms with Crippen LogP contribution in [-0.2, 0) is 6.42 Å². The Morgan fingerprint density at radius 1 is 1.50 bits per heavy atom. The highest BCUT2D eigenvalue weighted by Gasteiger charge is 2.27. The smallest absolute Gasteiger partial charge is 0.191 e. The fraction of sp³-hybridized carbons (Fsp3) is 0.462. The molecule has 1 aromatic carbocycles. The summed E-state index contributed by atoms with van der Waals surface area (Å²) in [5.41, 5.74) is 6.81. The second-order valence-corrected chi connectivity index (χ2v) is 4.46. The maximum atomic E-state index is 12.9. The van der Waals surface area contributed by atoms with Crippen molar-refractivity contribution in [3.8, 4) is 0 Å². The Bertz CT molecular complexity index is 418. The first-order valence-corrected chi connectivity index (χ1v) is 5.94. The van der Waals surface area contributed by atoms with Gasteiger partial charge >= 0.3 is 0 Å². The SMILES string of the molecule is CN(C(N)=NCCc1cccc(F)c1)C1CC1.I. The fourth-order valence-electron chi connectivity index (χ4n) is 1.75. The minimum absolute atomic E-state index is 0. The van der Waals surface area contributed by atoms with E-state index in [0.29, 0.717) is 18.5 Å². The molecule has 0 unspecified atom stereocenters. The molecule has 1 saturated carbocycles. The molecule has 0 amide bonds. The Morgan fingerprint density at radius 3 is 2.83 bits per heavy atom. The summed E-state index contributed by atoms with van der Waals surface area (Å²) in [4.78, 5) is 6.33. The Hall–Kier alpha value is -0.850. The predicted molar refractivity (Wildman–Crippen MR) is 82.8 cm³/mol. The molecule has 1 aliphatic carbocycles. The first-order chi connectivity index (χ1) is 8.16. The second kappa shape index (κ2) is 6.92. The van der Waals surface area contributed by atoms with Gasteiger partial charge in [-0.25, -0.2) is 4.39 Å². The van der Waals surface area contributed by atoms with Crippen LogP contribution in [0.2, 0.25) is 0 Å². The molecule has 2 rings (SSSR count). The highest BCUT2D eigenvalue weighted by atomic mass is 127. The highest BCUT2D eigenvalue weighted by Crippen LogP contribution is 2.24. The number of aliphatic imine (C=N–C) groups is 1. The normalized spacial score (nSPS) is 15.1. The van der Waals surface area contributed by atoms with E-state index in [9.17, 15) is 4.39 Å². The standard InChI is InChI=1S/C13H18FN3.HI/c1-17(12-5-6-12)13(15)16-8-7-10-3-2-4-11(14)9-10;/h2-4,9,12H,5-8H2,1H3,(H2,15,16);1H. The average molecular weight is 363 g/mol. The zero-order valence-corrected chi connectivity index (χ0v) is 12.8. The lowest BCUT2D eigenvalue weighted by Gasteiger charge is -2.16. The monoisotopic (exact) mass is 363 g/mol. The Kier molecular flexibility index (Phi) is 5.84. The van der Waals surface area contributed by atoms with Crippen molar-refractivity contribution in [1.82, 2.24) is 4.90 Å². The molecule has 0 atom stereocenters. The Labute approximate surface area is 124 Å². The van der Waals surface area contributed by atoms with E-state index < -0.39 is 0 Å². The molecule has 0 bridgehead atoms. The summed E-state index contributed by atoms with van der Waals surface area (Å²) >= 11 is 0. The van der Waals surface area contributed by atoms with Crippen LogP contribution in [0.25, 0.3) is 0 Å². The lowest BCUT2D eigenvalue weighted by Crippen LogP contribution is -2.35. The van der Waals surface area contributed by atoms with E-state index in [1.165, 1.54) is 25.0 Å². The lowest BCUT2D eigenvalue weighted by atomic mass is 10.1. The third kappa shape index (κ3) is 4.44. The van der Waals surface area contributed by atoms with Crippen LogP contribution in [0.15, 0.2) is 29.3 Å². The van der Waals surface area contributed by atoms with Gasteiger partial charge in [0.15, 0.2) is 5.96 Å². The van der Waals surface area contributed by atoms with Crippen LogP contribution in [0.5, 0.6) is 0 Å². The van der Waals surface area contributed by atoms with Gasteiger partial charge in [-0.15, -0.1) is 24.0 Å². The van der Waals surface area contributed by atoms with Gasteiger partial charge in [0.25, 0.3) is 0 Å². The second-order valence-electron chi connectivity index (χ2n) is 4.46. The molecule has 5 heteroatoms. The molecule has 0 heterocycles. The van der Waals surface area contributed by atoms with Crippen LogP contribution < -0.4 is 5.73 Å². The number of hydrogen-bond acceptors (Lipinski definition) is 1. The first kappa shape index (κ1) is 15.2. The van der Waals surface area contributed by atoms with Gasteiger partial charge in [0, 0.05) is 19.6 Å². The van der Waals surface area contributed by atoms with Gasteiger partial charge in [-0.05, 0) is 37.0 Å². The van der Waals surface area contributed by atoms with Crippen LogP contribution >= 0.6 is 24.0 Å². The summed E-state index contributed by atoms with van der Waals surface area (Å²) < 4.78 is 12.9. The van der Waals surface area contributed by atoms with Crippen LogP contribution in [0.4, 0.5) is 4.39 Å². The van der Waals surface area contributed by atoms with Gasteiger partial charge in [0.2, 0.25) is 0 Å². The van der Waals surface area contributed by atoms with Crippen molar-refractivity contribution in [2.24, 2.45) is 10.7 Å². The van der Waals surface area contributed by atoms with Crippen LogP contribution in [0.1, 0.15) is 18.4 Å². The molecule has 0 aliphatic heterocycles. The van der Waals surface area contributed by atoms with Gasteiger partial charge in [0.1, 0.15) is 5.82 Å². The molecule has 1 aromatic rings. The number of benzene rings is 1. The molecule has 100 valence electrons. The van der Waals surface area contributed by atoms with Crippen molar-refractivity contribution in [1.29, 1.82) is 0 Å². The summed E-state index contributed by atoms with van der Waals surface area (Å²) in [6.07, 6.45) is 3.13. The van der Waals surface area contributed by atoms with Gasteiger partial charge in [-0.2, -0.15) is 0 Å². The lowest BCUT2D eigenvalue weighted by molar-refractivity contribution is 0.487. The number of halogens is 2. The maximum Gasteiger partial charge on any atom is 0.191 e. The third-order valence-corrected chi connectivity index (χ3v) is 3.02. The molecule has 0 saturated heterocycles. The van der Waals surface area contributed by atoms with Gasteiger partial charge in [-0.3, -0.25) is 4.99 Å². The third-order valence-electron chi connectivity index (χ3n) is 3.02. The van der Waals surface area contributed by atoms with Crippen molar-refractivity contribution < 1.29 is 4.39 Å². The van der Waals surface area contributed by atoms with Crippen molar-refractivity contribution in [2.75, 3.05) is 13.6 Å². The summed E-state index contributed by atoms with van der Waals surface area (Å²) in [7, 11) is 1.97. The fourth-order valence-corrected chi connectivity index (χ4v) is 1.75. The minimum Gasteiger partial charge on any atom is -0.370 e. The average Bonchev–Trinajstić information content (AvgIpc) is 3.12. The molecule has 1 fully saturated rings. The Morgan fingerprint density at radius 2 is 2.22 bits per heavy atom. The van der Waals surface area contributed by atoms with Gasteiger partial charge in [0.05, 0.1) is 0 Å². The summed E-state index contributed by atoms with van der Waals surface area (Å²) in [5.74, 6) is 0.387. The molecule has 0 spiro atoms. The molecule has 0 radical (unpaired) electrons. The van der Waals surface area contributed by atoms with E-state index in [4.69, 9.17) is 5.73 Å². The zero-order valence-electron chi connectivity index (χ0n) is 10.5. The van der Waals surface area contributed by atoms with Crippen LogP contribution in [-0.4, -0.2) is 30.5 Å². The quantitative estimate of drug-likeness (QED) is 0.507. The number of nitrogens with two attached hydrogens (primary N) is 1. The Balaban J connectivity index is 0.00000162. The van der Waals surface area contributed by atoms with E-state index in [1.807, 2.05) is 18.0 Å².